The van der Waals surface area contributed by atoms with Crippen molar-refractivity contribution in [3.63, 3.8) is 0 Å². The van der Waals surface area contributed by atoms with Gasteiger partial charge in [0.1, 0.15) is 0 Å². The summed E-state index contributed by atoms with van der Waals surface area (Å²) >= 11 is 0. The molecule has 0 amide bonds. The lowest BCUT2D eigenvalue weighted by Gasteiger charge is -2.03. The molecule has 14 heavy (non-hydrogen) atoms. The van der Waals surface area contributed by atoms with Crippen LogP contribution in [0.2, 0.25) is 0 Å². The quantitative estimate of drug-likeness (QED) is 0.673. The summed E-state index contributed by atoms with van der Waals surface area (Å²) in [4.78, 5) is 3.17. The van der Waals surface area contributed by atoms with E-state index in [9.17, 15) is 0 Å². The van der Waals surface area contributed by atoms with E-state index in [-0.39, 0.29) is 7.12 Å². The average Bonchev–Trinajstić information content (AvgIpc) is 2.88. The van der Waals surface area contributed by atoms with Crippen molar-refractivity contribution in [3.05, 3.63) is 30.5 Å². The van der Waals surface area contributed by atoms with Gasteiger partial charge in [0, 0.05) is 11.7 Å². The fourth-order valence-corrected chi connectivity index (χ4v) is 1.76. The summed E-state index contributed by atoms with van der Waals surface area (Å²) in [6.45, 7) is 1.38. The number of H-pyrrole nitrogens is 1. The highest BCUT2D eigenvalue weighted by atomic mass is 16.6. The van der Waals surface area contributed by atoms with Crippen molar-refractivity contribution in [3.8, 4) is 0 Å². The normalized spacial score (nSPS) is 16.7. The Morgan fingerprint density at radius 1 is 1.14 bits per heavy atom. The third-order valence-electron chi connectivity index (χ3n) is 2.47. The van der Waals surface area contributed by atoms with Gasteiger partial charge in [-0.25, -0.2) is 0 Å². The SMILES string of the molecule is c1cc2ccc(B3OCCO3)cc2[nH]1. The maximum Gasteiger partial charge on any atom is 0.494 e. The smallest absolute Gasteiger partial charge is 0.405 e. The summed E-state index contributed by atoms with van der Waals surface area (Å²) in [7, 11) is -0.178. The zero-order chi connectivity index (χ0) is 9.38. The highest BCUT2D eigenvalue weighted by Gasteiger charge is 2.26. The molecule has 1 fully saturated rings. The van der Waals surface area contributed by atoms with Crippen LogP contribution in [-0.4, -0.2) is 25.3 Å². The molecule has 1 N–H and O–H groups in total. The minimum Gasteiger partial charge on any atom is -0.405 e. The van der Waals surface area contributed by atoms with Gasteiger partial charge in [-0.3, -0.25) is 0 Å². The van der Waals surface area contributed by atoms with E-state index < -0.39 is 0 Å². The minimum absolute atomic E-state index is 0.178. The van der Waals surface area contributed by atoms with E-state index in [2.05, 4.69) is 23.2 Å². The topological polar surface area (TPSA) is 34.2 Å². The summed E-state index contributed by atoms with van der Waals surface area (Å²) in [6, 6.07) is 8.25. The second-order valence-corrected chi connectivity index (χ2v) is 3.40. The highest BCUT2D eigenvalue weighted by molar-refractivity contribution is 6.62. The first-order valence-corrected chi connectivity index (χ1v) is 4.74. The van der Waals surface area contributed by atoms with Crippen LogP contribution >= 0.6 is 0 Å². The first-order chi connectivity index (χ1) is 6.93. The zero-order valence-corrected chi connectivity index (χ0v) is 7.69. The van der Waals surface area contributed by atoms with Crippen LogP contribution in [0, 0.1) is 0 Å². The lowest BCUT2D eigenvalue weighted by atomic mass is 9.79. The number of nitrogens with one attached hydrogen (secondary N) is 1. The molecule has 2 heterocycles. The third-order valence-corrected chi connectivity index (χ3v) is 2.47. The average molecular weight is 187 g/mol. The molecule has 4 heteroatoms. The van der Waals surface area contributed by atoms with Crippen molar-refractivity contribution in [1.82, 2.24) is 4.98 Å². The Hall–Kier alpha value is -1.26. The Bertz CT molecular complexity index is 448. The molecule has 1 aromatic carbocycles. The summed E-state index contributed by atoms with van der Waals surface area (Å²) in [5.74, 6) is 0. The van der Waals surface area contributed by atoms with Gasteiger partial charge in [-0.2, -0.15) is 0 Å². The first-order valence-electron chi connectivity index (χ1n) is 4.74. The molecule has 1 aromatic heterocycles. The molecular formula is C10H10BNO2. The third kappa shape index (κ3) is 1.23. The number of fused-ring (bicyclic) bond motifs is 1. The van der Waals surface area contributed by atoms with E-state index in [1.165, 1.54) is 5.39 Å². The molecule has 3 nitrogen and oxygen atoms in total. The van der Waals surface area contributed by atoms with Crippen LogP contribution in [0.4, 0.5) is 0 Å². The fraction of sp³-hybridized carbons (Fsp3) is 0.200. The van der Waals surface area contributed by atoms with Crippen molar-refractivity contribution in [2.24, 2.45) is 0 Å². The molecule has 1 aliphatic heterocycles. The molecule has 2 aromatic rings. The van der Waals surface area contributed by atoms with Gasteiger partial charge < -0.3 is 14.3 Å². The zero-order valence-electron chi connectivity index (χ0n) is 7.69. The Morgan fingerprint density at radius 3 is 2.86 bits per heavy atom. The van der Waals surface area contributed by atoms with E-state index in [4.69, 9.17) is 9.31 Å². The summed E-state index contributed by atoms with van der Waals surface area (Å²) in [5.41, 5.74) is 2.21. The van der Waals surface area contributed by atoms with Gasteiger partial charge in [0.15, 0.2) is 0 Å². The van der Waals surface area contributed by atoms with Crippen LogP contribution in [0.25, 0.3) is 10.9 Å². The lowest BCUT2D eigenvalue weighted by molar-refractivity contribution is 0.365. The van der Waals surface area contributed by atoms with Crippen LogP contribution in [0.3, 0.4) is 0 Å². The van der Waals surface area contributed by atoms with Crippen LogP contribution in [0.5, 0.6) is 0 Å². The van der Waals surface area contributed by atoms with Crippen LogP contribution in [0.15, 0.2) is 30.5 Å². The standard InChI is InChI=1S/C10H10BNO2/c1-2-9(11-13-5-6-14-11)7-10-8(1)3-4-12-10/h1-4,7,12H,5-6H2. The number of rotatable bonds is 1. The number of aromatic amines is 1. The second kappa shape index (κ2) is 3.15. The largest absolute Gasteiger partial charge is 0.494 e. The molecular weight excluding hydrogens is 177 g/mol. The molecule has 0 radical (unpaired) electrons. The molecule has 0 unspecified atom stereocenters. The van der Waals surface area contributed by atoms with Gasteiger partial charge in [0.2, 0.25) is 0 Å². The van der Waals surface area contributed by atoms with Gasteiger partial charge in [0.25, 0.3) is 0 Å². The first kappa shape index (κ1) is 8.09. The monoisotopic (exact) mass is 187 g/mol. The highest BCUT2D eigenvalue weighted by Crippen LogP contribution is 2.11. The van der Waals surface area contributed by atoms with Crippen molar-refractivity contribution < 1.29 is 9.31 Å². The molecule has 0 spiro atoms. The van der Waals surface area contributed by atoms with E-state index in [1.54, 1.807) is 0 Å². The number of benzene rings is 1. The van der Waals surface area contributed by atoms with Gasteiger partial charge in [-0.15, -0.1) is 0 Å². The fourth-order valence-electron chi connectivity index (χ4n) is 1.76. The molecule has 0 saturated carbocycles. The van der Waals surface area contributed by atoms with Gasteiger partial charge in [-0.1, -0.05) is 12.1 Å². The van der Waals surface area contributed by atoms with E-state index in [0.29, 0.717) is 13.2 Å². The van der Waals surface area contributed by atoms with Crippen molar-refractivity contribution in [2.45, 2.75) is 0 Å². The maximum atomic E-state index is 5.43. The predicted octanol–water partition coefficient (Wildman–Crippen LogP) is 0.910. The van der Waals surface area contributed by atoms with Gasteiger partial charge in [-0.05, 0) is 23.0 Å². The molecule has 0 aliphatic carbocycles. The van der Waals surface area contributed by atoms with E-state index in [1.807, 2.05) is 12.3 Å². The number of hydrogen-bond acceptors (Lipinski definition) is 2. The summed E-state index contributed by atoms with van der Waals surface area (Å²) in [5, 5.41) is 1.21. The maximum absolute atomic E-state index is 5.43. The molecule has 1 aliphatic rings. The Morgan fingerprint density at radius 2 is 2.00 bits per heavy atom. The molecule has 0 bridgehead atoms. The van der Waals surface area contributed by atoms with Crippen molar-refractivity contribution in [1.29, 1.82) is 0 Å². The summed E-state index contributed by atoms with van der Waals surface area (Å²) < 4.78 is 10.9. The number of aromatic nitrogens is 1. The van der Waals surface area contributed by atoms with Crippen molar-refractivity contribution in [2.75, 3.05) is 13.2 Å². The molecule has 1 saturated heterocycles. The van der Waals surface area contributed by atoms with Crippen LogP contribution < -0.4 is 5.46 Å². The number of hydrogen-bond donors (Lipinski definition) is 1. The van der Waals surface area contributed by atoms with Crippen LogP contribution in [-0.2, 0) is 9.31 Å². The van der Waals surface area contributed by atoms with E-state index >= 15 is 0 Å². The Labute approximate surface area is 82.2 Å². The Balaban J connectivity index is 2.04. The minimum atomic E-state index is -0.178. The Kier molecular flexibility index (Phi) is 1.82. The predicted molar refractivity (Wildman–Crippen MR) is 55.6 cm³/mol. The molecule has 0 atom stereocenters. The van der Waals surface area contributed by atoms with Crippen LogP contribution in [0.1, 0.15) is 0 Å². The second-order valence-electron chi connectivity index (χ2n) is 3.40. The summed E-state index contributed by atoms with van der Waals surface area (Å²) in [6.07, 6.45) is 1.94. The lowest BCUT2D eigenvalue weighted by Crippen LogP contribution is -2.31. The van der Waals surface area contributed by atoms with E-state index in [0.717, 1.165) is 11.0 Å². The van der Waals surface area contributed by atoms with Gasteiger partial charge >= 0.3 is 7.12 Å². The molecule has 3 rings (SSSR count). The van der Waals surface area contributed by atoms with Gasteiger partial charge in [0.05, 0.1) is 13.2 Å². The van der Waals surface area contributed by atoms with Crippen molar-refractivity contribution >= 4 is 23.5 Å². The molecule has 70 valence electrons.